The van der Waals surface area contributed by atoms with Gasteiger partial charge in [-0.05, 0) is 37.3 Å². The molecule has 0 atom stereocenters. The third-order valence-electron chi connectivity index (χ3n) is 3.97. The summed E-state index contributed by atoms with van der Waals surface area (Å²) in [4.78, 5) is 25.0. The third kappa shape index (κ3) is 4.22. The van der Waals surface area contributed by atoms with Crippen LogP contribution in [0, 0.1) is 0 Å². The average molecular weight is 346 g/mol. The van der Waals surface area contributed by atoms with Crippen LogP contribution in [0.1, 0.15) is 33.2 Å². The minimum Gasteiger partial charge on any atom is -0.494 e. The van der Waals surface area contributed by atoms with Gasteiger partial charge in [-0.3, -0.25) is 9.59 Å². The molecule has 0 amide bonds. The molecule has 0 aliphatic rings. The van der Waals surface area contributed by atoms with Gasteiger partial charge in [-0.25, -0.2) is 0 Å². The van der Waals surface area contributed by atoms with Crippen molar-refractivity contribution >= 4 is 11.6 Å². The van der Waals surface area contributed by atoms with Crippen molar-refractivity contribution in [3.8, 4) is 5.75 Å². The molecule has 26 heavy (non-hydrogen) atoms. The van der Waals surface area contributed by atoms with Crippen LogP contribution < -0.4 is 9.30 Å². The van der Waals surface area contributed by atoms with Gasteiger partial charge in [0.1, 0.15) is 5.75 Å². The molecule has 4 heteroatoms. The van der Waals surface area contributed by atoms with Gasteiger partial charge in [0.25, 0.3) is 0 Å². The van der Waals surface area contributed by atoms with Crippen molar-refractivity contribution < 1.29 is 18.9 Å². The summed E-state index contributed by atoms with van der Waals surface area (Å²) in [7, 11) is 0. The van der Waals surface area contributed by atoms with Gasteiger partial charge in [0.15, 0.2) is 18.2 Å². The molecule has 0 aliphatic heterocycles. The summed E-state index contributed by atoms with van der Waals surface area (Å²) >= 11 is 0. The summed E-state index contributed by atoms with van der Waals surface area (Å²) in [5.74, 6) is 0.656. The zero-order valence-electron chi connectivity index (χ0n) is 14.6. The van der Waals surface area contributed by atoms with Gasteiger partial charge in [0.05, 0.1) is 12.2 Å². The first kappa shape index (κ1) is 17.5. The lowest BCUT2D eigenvalue weighted by atomic mass is 10.1. The van der Waals surface area contributed by atoms with E-state index in [0.717, 1.165) is 5.75 Å². The summed E-state index contributed by atoms with van der Waals surface area (Å²) < 4.78 is 7.12. The maximum atomic E-state index is 12.5. The van der Waals surface area contributed by atoms with Crippen LogP contribution in [0.4, 0.5) is 0 Å². The average Bonchev–Trinajstić information content (AvgIpc) is 2.69. The van der Waals surface area contributed by atoms with Crippen molar-refractivity contribution in [3.63, 3.8) is 0 Å². The second-order valence-corrected chi connectivity index (χ2v) is 5.84. The van der Waals surface area contributed by atoms with Crippen molar-refractivity contribution in [2.45, 2.75) is 13.5 Å². The highest BCUT2D eigenvalue weighted by Crippen LogP contribution is 2.13. The number of nitrogens with zero attached hydrogens (tertiary/aromatic N) is 1. The number of ketones is 2. The number of benzene rings is 2. The minimum atomic E-state index is -0.0616. The van der Waals surface area contributed by atoms with Gasteiger partial charge in [0, 0.05) is 17.2 Å². The molecule has 0 bridgehead atoms. The lowest BCUT2D eigenvalue weighted by molar-refractivity contribution is -0.683. The highest BCUT2D eigenvalue weighted by Gasteiger charge is 2.16. The standard InChI is InChI=1S/C22H20NO3/c1-2-26-20-12-10-17(11-13-20)21(24)16-23-14-6-9-19(15-23)22(25)18-7-4-3-5-8-18/h3-15H,2,16H2,1H3/q+1. The van der Waals surface area contributed by atoms with Crippen molar-refractivity contribution in [2.24, 2.45) is 0 Å². The van der Waals surface area contributed by atoms with Crippen LogP contribution in [0.25, 0.3) is 0 Å². The molecule has 0 fully saturated rings. The van der Waals surface area contributed by atoms with Gasteiger partial charge >= 0.3 is 0 Å². The van der Waals surface area contributed by atoms with Gasteiger partial charge in [-0.2, -0.15) is 4.57 Å². The van der Waals surface area contributed by atoms with E-state index in [1.165, 1.54) is 0 Å². The van der Waals surface area contributed by atoms with E-state index in [1.807, 2.05) is 25.1 Å². The summed E-state index contributed by atoms with van der Waals surface area (Å²) in [5.41, 5.74) is 1.79. The van der Waals surface area contributed by atoms with E-state index in [1.54, 1.807) is 65.5 Å². The third-order valence-corrected chi connectivity index (χ3v) is 3.97. The van der Waals surface area contributed by atoms with E-state index in [9.17, 15) is 9.59 Å². The molecule has 2 aromatic carbocycles. The Hall–Kier alpha value is -3.27. The Morgan fingerprint density at radius 3 is 2.23 bits per heavy atom. The van der Waals surface area contributed by atoms with Crippen LogP contribution in [0.5, 0.6) is 5.75 Å². The molecule has 3 rings (SSSR count). The summed E-state index contributed by atoms with van der Waals surface area (Å²) in [6.07, 6.45) is 3.50. The fourth-order valence-electron chi connectivity index (χ4n) is 2.67. The lowest BCUT2D eigenvalue weighted by Crippen LogP contribution is -2.38. The van der Waals surface area contributed by atoms with E-state index < -0.39 is 0 Å². The van der Waals surface area contributed by atoms with Gasteiger partial charge in [-0.15, -0.1) is 0 Å². The Bertz CT molecular complexity index is 902. The molecular formula is C22H20NO3+. The fourth-order valence-corrected chi connectivity index (χ4v) is 2.67. The largest absolute Gasteiger partial charge is 0.494 e. The Kier molecular flexibility index (Phi) is 5.54. The van der Waals surface area contributed by atoms with Crippen LogP contribution >= 0.6 is 0 Å². The molecular weight excluding hydrogens is 326 g/mol. The molecule has 0 aliphatic carbocycles. The van der Waals surface area contributed by atoms with E-state index in [2.05, 4.69) is 0 Å². The molecule has 0 radical (unpaired) electrons. The zero-order chi connectivity index (χ0) is 18.4. The number of hydrogen-bond donors (Lipinski definition) is 0. The predicted octanol–water partition coefficient (Wildman–Crippen LogP) is 3.49. The lowest BCUT2D eigenvalue weighted by Gasteiger charge is -2.04. The topological polar surface area (TPSA) is 47.2 Å². The smallest absolute Gasteiger partial charge is 0.227 e. The van der Waals surface area contributed by atoms with Crippen LogP contribution in [-0.2, 0) is 6.54 Å². The quantitative estimate of drug-likeness (QED) is 0.486. The summed E-state index contributed by atoms with van der Waals surface area (Å²) in [6, 6.07) is 19.7. The number of pyridine rings is 1. The number of Topliss-reactive ketones (excluding diaryl/α,β-unsaturated/α-hetero) is 1. The van der Waals surface area contributed by atoms with E-state index >= 15 is 0 Å². The molecule has 130 valence electrons. The maximum Gasteiger partial charge on any atom is 0.227 e. The van der Waals surface area contributed by atoms with Crippen molar-refractivity contribution in [2.75, 3.05) is 6.61 Å². The summed E-state index contributed by atoms with van der Waals surface area (Å²) in [6.45, 7) is 2.68. The molecule has 1 heterocycles. The van der Waals surface area contributed by atoms with Gasteiger partial charge in [0.2, 0.25) is 12.3 Å². The minimum absolute atomic E-state index is 0.0256. The Morgan fingerprint density at radius 1 is 0.846 bits per heavy atom. The van der Waals surface area contributed by atoms with Crippen LogP contribution in [0.3, 0.4) is 0 Å². The second-order valence-electron chi connectivity index (χ2n) is 5.84. The normalized spacial score (nSPS) is 10.3. The maximum absolute atomic E-state index is 12.5. The first-order valence-corrected chi connectivity index (χ1v) is 8.52. The van der Waals surface area contributed by atoms with E-state index in [4.69, 9.17) is 4.74 Å². The number of hydrogen-bond acceptors (Lipinski definition) is 3. The number of ether oxygens (including phenoxy) is 1. The molecule has 0 spiro atoms. The van der Waals surface area contributed by atoms with E-state index in [-0.39, 0.29) is 18.1 Å². The molecule has 0 N–H and O–H groups in total. The molecule has 0 saturated carbocycles. The van der Waals surface area contributed by atoms with Crippen LogP contribution in [0.2, 0.25) is 0 Å². The number of carbonyl (C=O) groups is 2. The predicted molar refractivity (Wildman–Crippen MR) is 98.5 cm³/mol. The monoisotopic (exact) mass is 346 g/mol. The highest BCUT2D eigenvalue weighted by molar-refractivity contribution is 6.08. The number of carbonyl (C=O) groups excluding carboxylic acids is 2. The SMILES string of the molecule is CCOc1ccc(C(=O)C[n+]2cccc(C(=O)c3ccccc3)c2)cc1. The first-order valence-electron chi connectivity index (χ1n) is 8.52. The Morgan fingerprint density at radius 2 is 1.54 bits per heavy atom. The Balaban J connectivity index is 1.74. The molecule has 1 aromatic heterocycles. The Labute approximate surface area is 152 Å². The van der Waals surface area contributed by atoms with Gasteiger partial charge < -0.3 is 4.74 Å². The fraction of sp³-hybridized carbons (Fsp3) is 0.136. The summed E-state index contributed by atoms with van der Waals surface area (Å²) in [5, 5.41) is 0. The van der Waals surface area contributed by atoms with Crippen molar-refractivity contribution in [1.82, 2.24) is 0 Å². The molecule has 0 saturated heterocycles. The zero-order valence-corrected chi connectivity index (χ0v) is 14.6. The highest BCUT2D eigenvalue weighted by atomic mass is 16.5. The first-order chi connectivity index (χ1) is 12.7. The number of aromatic nitrogens is 1. The molecule has 4 nitrogen and oxygen atoms in total. The van der Waals surface area contributed by atoms with Gasteiger partial charge in [-0.1, -0.05) is 30.3 Å². The van der Waals surface area contributed by atoms with Crippen molar-refractivity contribution in [1.29, 1.82) is 0 Å². The van der Waals surface area contributed by atoms with Crippen LogP contribution in [-0.4, -0.2) is 18.2 Å². The number of rotatable bonds is 7. The molecule has 3 aromatic rings. The van der Waals surface area contributed by atoms with Crippen LogP contribution in [0.15, 0.2) is 79.1 Å². The second kappa shape index (κ2) is 8.21. The van der Waals surface area contributed by atoms with E-state index in [0.29, 0.717) is 23.3 Å². The van der Waals surface area contributed by atoms with Crippen molar-refractivity contribution in [3.05, 3.63) is 95.8 Å². The molecule has 0 unspecified atom stereocenters.